The minimum Gasteiger partial charge on any atom is -0.481 e. The van der Waals surface area contributed by atoms with E-state index in [1.807, 2.05) is 24.3 Å². The van der Waals surface area contributed by atoms with Gasteiger partial charge < -0.3 is 14.7 Å². The lowest BCUT2D eigenvalue weighted by Gasteiger charge is -2.31. The Morgan fingerprint density at radius 1 is 1.04 bits per heavy atom. The topological polar surface area (TPSA) is 66.8 Å². The highest BCUT2D eigenvalue weighted by atomic mass is 16.6. The van der Waals surface area contributed by atoms with Gasteiger partial charge in [-0.1, -0.05) is 48.5 Å². The number of benzene rings is 2. The van der Waals surface area contributed by atoms with Crippen LogP contribution in [0.15, 0.2) is 48.5 Å². The van der Waals surface area contributed by atoms with E-state index in [1.165, 1.54) is 22.3 Å². The number of carbonyl (C=O) groups is 2. The number of rotatable bonds is 4. The molecular formula is C22H23NO4. The van der Waals surface area contributed by atoms with Gasteiger partial charge in [-0.15, -0.1) is 0 Å². The molecule has 0 spiro atoms. The number of fused-ring (bicyclic) bond motifs is 3. The fourth-order valence-corrected chi connectivity index (χ4v) is 4.33. The van der Waals surface area contributed by atoms with E-state index in [9.17, 15) is 9.59 Å². The standard InChI is InChI=1S/C22H23NO4/c24-21(25)12-15-6-5-11-23(13-15)22(26)27-14-20-18-9-3-1-7-16(18)17-8-2-4-10-19(17)20/h1-4,7-10,15,20H,5-6,11-14H2,(H,24,25)/t15-/m0/s1. The van der Waals surface area contributed by atoms with Crippen molar-refractivity contribution in [1.82, 2.24) is 4.90 Å². The molecule has 0 aromatic heterocycles. The summed E-state index contributed by atoms with van der Waals surface area (Å²) in [5.74, 6) is -0.757. The van der Waals surface area contributed by atoms with Gasteiger partial charge in [0.1, 0.15) is 6.61 Å². The quantitative estimate of drug-likeness (QED) is 0.885. The van der Waals surface area contributed by atoms with Gasteiger partial charge in [0.05, 0.1) is 0 Å². The highest BCUT2D eigenvalue weighted by Gasteiger charge is 2.31. The third-order valence-corrected chi connectivity index (χ3v) is 5.58. The Morgan fingerprint density at radius 3 is 2.30 bits per heavy atom. The first-order valence-electron chi connectivity index (χ1n) is 9.45. The van der Waals surface area contributed by atoms with Crippen LogP contribution < -0.4 is 0 Å². The third-order valence-electron chi connectivity index (χ3n) is 5.58. The number of likely N-dealkylation sites (tertiary alicyclic amines) is 1. The van der Waals surface area contributed by atoms with Gasteiger partial charge in [-0.25, -0.2) is 4.79 Å². The molecule has 5 heteroatoms. The van der Waals surface area contributed by atoms with Crippen molar-refractivity contribution >= 4 is 12.1 Å². The number of carbonyl (C=O) groups excluding carboxylic acids is 1. The molecule has 5 nitrogen and oxygen atoms in total. The first-order chi connectivity index (χ1) is 13.1. The molecule has 1 heterocycles. The van der Waals surface area contributed by atoms with Crippen LogP contribution in [0.25, 0.3) is 11.1 Å². The molecule has 1 fully saturated rings. The molecular weight excluding hydrogens is 342 g/mol. The molecule has 140 valence electrons. The summed E-state index contributed by atoms with van der Waals surface area (Å²) in [7, 11) is 0. The summed E-state index contributed by atoms with van der Waals surface area (Å²) in [6.45, 7) is 1.39. The van der Waals surface area contributed by atoms with Crippen molar-refractivity contribution in [2.45, 2.75) is 25.2 Å². The molecule has 0 bridgehead atoms. The summed E-state index contributed by atoms with van der Waals surface area (Å²) < 4.78 is 5.67. The summed E-state index contributed by atoms with van der Waals surface area (Å²) in [5, 5.41) is 8.99. The molecule has 1 N–H and O–H groups in total. The zero-order chi connectivity index (χ0) is 18.8. The van der Waals surface area contributed by atoms with Crippen molar-refractivity contribution < 1.29 is 19.4 Å². The second-order valence-corrected chi connectivity index (χ2v) is 7.36. The number of hydrogen-bond acceptors (Lipinski definition) is 3. The number of piperidine rings is 1. The second-order valence-electron chi connectivity index (χ2n) is 7.36. The Hall–Kier alpha value is -2.82. The largest absolute Gasteiger partial charge is 0.481 e. The van der Waals surface area contributed by atoms with Crippen LogP contribution in [-0.4, -0.2) is 41.8 Å². The van der Waals surface area contributed by atoms with Gasteiger partial charge in [-0.05, 0) is 41.0 Å². The summed E-state index contributed by atoms with van der Waals surface area (Å²) in [5.41, 5.74) is 4.78. The molecule has 2 aromatic carbocycles. The van der Waals surface area contributed by atoms with E-state index in [0.29, 0.717) is 19.7 Å². The van der Waals surface area contributed by atoms with Crippen molar-refractivity contribution in [1.29, 1.82) is 0 Å². The van der Waals surface area contributed by atoms with Gasteiger partial charge in [-0.2, -0.15) is 0 Å². The maximum Gasteiger partial charge on any atom is 0.409 e. The molecule has 2 aromatic rings. The summed E-state index contributed by atoms with van der Waals surface area (Å²) in [6, 6.07) is 16.5. The van der Waals surface area contributed by atoms with E-state index >= 15 is 0 Å². The predicted molar refractivity (Wildman–Crippen MR) is 102 cm³/mol. The molecule has 0 unspecified atom stereocenters. The Balaban J connectivity index is 1.44. The number of carboxylic acid groups (broad SMARTS) is 1. The second kappa shape index (κ2) is 7.43. The molecule has 4 rings (SSSR count). The Labute approximate surface area is 158 Å². The van der Waals surface area contributed by atoms with Gasteiger partial charge in [0, 0.05) is 25.4 Å². The first-order valence-corrected chi connectivity index (χ1v) is 9.45. The number of nitrogens with zero attached hydrogens (tertiary/aromatic N) is 1. The summed E-state index contributed by atoms with van der Waals surface area (Å²) >= 11 is 0. The van der Waals surface area contributed by atoms with Crippen LogP contribution in [0.1, 0.15) is 36.3 Å². The first kappa shape index (κ1) is 17.6. The van der Waals surface area contributed by atoms with Crippen molar-refractivity contribution in [3.8, 4) is 11.1 Å². The van der Waals surface area contributed by atoms with Crippen LogP contribution in [0.4, 0.5) is 4.79 Å². The van der Waals surface area contributed by atoms with Gasteiger partial charge in [0.2, 0.25) is 0 Å². The van der Waals surface area contributed by atoms with Gasteiger partial charge in [0.25, 0.3) is 0 Å². The molecule has 1 saturated heterocycles. The van der Waals surface area contributed by atoms with E-state index in [4.69, 9.17) is 9.84 Å². The van der Waals surface area contributed by atoms with Gasteiger partial charge in [0.15, 0.2) is 0 Å². The number of aliphatic carboxylic acids is 1. The average Bonchev–Trinajstić information content (AvgIpc) is 3.00. The highest BCUT2D eigenvalue weighted by molar-refractivity contribution is 5.79. The maximum absolute atomic E-state index is 12.6. The average molecular weight is 365 g/mol. The minimum atomic E-state index is -0.811. The molecule has 2 aliphatic rings. The smallest absolute Gasteiger partial charge is 0.409 e. The molecule has 0 saturated carbocycles. The Morgan fingerprint density at radius 2 is 1.67 bits per heavy atom. The summed E-state index contributed by atoms with van der Waals surface area (Å²) in [6.07, 6.45) is 1.43. The summed E-state index contributed by atoms with van der Waals surface area (Å²) in [4.78, 5) is 25.2. The highest BCUT2D eigenvalue weighted by Crippen LogP contribution is 2.44. The van der Waals surface area contributed by atoms with E-state index in [-0.39, 0.29) is 24.3 Å². The Kier molecular flexibility index (Phi) is 4.84. The maximum atomic E-state index is 12.6. The normalized spacial score (nSPS) is 18.7. The van der Waals surface area contributed by atoms with Crippen LogP contribution in [0.3, 0.4) is 0 Å². The van der Waals surface area contributed by atoms with Gasteiger partial charge in [-0.3, -0.25) is 4.79 Å². The van der Waals surface area contributed by atoms with Crippen LogP contribution in [0.2, 0.25) is 0 Å². The fourth-order valence-electron chi connectivity index (χ4n) is 4.33. The van der Waals surface area contributed by atoms with E-state index in [0.717, 1.165) is 12.8 Å². The molecule has 1 aliphatic carbocycles. The molecule has 1 aliphatic heterocycles. The Bertz CT molecular complexity index is 817. The lowest BCUT2D eigenvalue weighted by Crippen LogP contribution is -2.41. The van der Waals surface area contributed by atoms with Gasteiger partial charge >= 0.3 is 12.1 Å². The van der Waals surface area contributed by atoms with Crippen LogP contribution >= 0.6 is 0 Å². The molecule has 27 heavy (non-hydrogen) atoms. The van der Waals surface area contributed by atoms with E-state index in [1.54, 1.807) is 4.90 Å². The van der Waals surface area contributed by atoms with Crippen molar-refractivity contribution in [3.63, 3.8) is 0 Å². The zero-order valence-electron chi connectivity index (χ0n) is 15.1. The van der Waals surface area contributed by atoms with E-state index < -0.39 is 5.97 Å². The monoisotopic (exact) mass is 365 g/mol. The molecule has 0 radical (unpaired) electrons. The lowest BCUT2D eigenvalue weighted by atomic mass is 9.95. The fraction of sp³-hybridized carbons (Fsp3) is 0.364. The number of hydrogen-bond donors (Lipinski definition) is 1. The zero-order valence-corrected chi connectivity index (χ0v) is 15.1. The lowest BCUT2D eigenvalue weighted by molar-refractivity contribution is -0.138. The van der Waals surface area contributed by atoms with Crippen LogP contribution in [0.5, 0.6) is 0 Å². The van der Waals surface area contributed by atoms with Crippen LogP contribution in [-0.2, 0) is 9.53 Å². The van der Waals surface area contributed by atoms with Crippen molar-refractivity contribution in [2.75, 3.05) is 19.7 Å². The van der Waals surface area contributed by atoms with Crippen molar-refractivity contribution in [2.24, 2.45) is 5.92 Å². The number of ether oxygens (including phenoxy) is 1. The SMILES string of the molecule is O=C(O)C[C@@H]1CCCN(C(=O)OCC2c3ccccc3-c3ccccc32)C1. The molecule has 1 atom stereocenters. The van der Waals surface area contributed by atoms with E-state index in [2.05, 4.69) is 24.3 Å². The van der Waals surface area contributed by atoms with Crippen LogP contribution in [0, 0.1) is 5.92 Å². The third kappa shape index (κ3) is 3.54. The minimum absolute atomic E-state index is 0.0109. The predicted octanol–water partition coefficient (Wildman–Crippen LogP) is 4.12. The van der Waals surface area contributed by atoms with Crippen molar-refractivity contribution in [3.05, 3.63) is 59.7 Å². The number of carboxylic acids is 1. The molecule has 1 amide bonds. The number of amides is 1.